The van der Waals surface area contributed by atoms with Crippen molar-refractivity contribution >= 4 is 35.0 Å². The van der Waals surface area contributed by atoms with Crippen LogP contribution in [0.4, 0.5) is 5.69 Å². The summed E-state index contributed by atoms with van der Waals surface area (Å²) in [5.41, 5.74) is 1.53. The van der Waals surface area contributed by atoms with E-state index in [0.717, 1.165) is 11.3 Å². The number of hydrogen-bond donors (Lipinski definition) is 1. The van der Waals surface area contributed by atoms with Gasteiger partial charge in [-0.3, -0.25) is 14.3 Å². The van der Waals surface area contributed by atoms with Crippen LogP contribution in [-0.2, 0) is 11.3 Å². The zero-order chi connectivity index (χ0) is 20.1. The second-order valence-electron chi connectivity index (χ2n) is 6.06. The molecule has 1 N–H and O–H groups in total. The van der Waals surface area contributed by atoms with Crippen LogP contribution in [0.1, 0.15) is 5.76 Å². The third-order valence-corrected chi connectivity index (χ3v) is 5.21. The van der Waals surface area contributed by atoms with Gasteiger partial charge in [0.1, 0.15) is 5.76 Å². The van der Waals surface area contributed by atoms with E-state index in [1.54, 1.807) is 42.9 Å². The van der Waals surface area contributed by atoms with Gasteiger partial charge in [-0.05, 0) is 48.5 Å². The first kappa shape index (κ1) is 19.2. The number of amides is 1. The number of pyridine rings is 1. The summed E-state index contributed by atoms with van der Waals surface area (Å²) in [5, 5.41) is 12.6. The van der Waals surface area contributed by atoms with E-state index >= 15 is 0 Å². The van der Waals surface area contributed by atoms with Crippen LogP contribution >= 0.6 is 23.4 Å². The van der Waals surface area contributed by atoms with E-state index in [9.17, 15) is 4.79 Å². The van der Waals surface area contributed by atoms with Gasteiger partial charge in [0.15, 0.2) is 11.0 Å². The molecule has 0 radical (unpaired) electrons. The van der Waals surface area contributed by atoms with Crippen molar-refractivity contribution in [1.29, 1.82) is 0 Å². The highest BCUT2D eigenvalue weighted by molar-refractivity contribution is 7.99. The van der Waals surface area contributed by atoms with Crippen molar-refractivity contribution in [2.75, 3.05) is 11.1 Å². The number of furan rings is 1. The average Bonchev–Trinajstić information content (AvgIpc) is 3.39. The topological polar surface area (TPSA) is 85.8 Å². The van der Waals surface area contributed by atoms with E-state index in [0.29, 0.717) is 28.2 Å². The molecule has 0 fully saturated rings. The molecular weight excluding hydrogens is 410 g/mol. The molecular formula is C20H16ClN5O2S. The monoisotopic (exact) mass is 425 g/mol. The Labute approximate surface area is 176 Å². The van der Waals surface area contributed by atoms with Gasteiger partial charge in [-0.25, -0.2) is 0 Å². The van der Waals surface area contributed by atoms with Crippen LogP contribution in [0.2, 0.25) is 5.02 Å². The molecule has 9 heteroatoms. The predicted octanol–water partition coefficient (Wildman–Crippen LogP) is 4.37. The molecule has 0 aliphatic carbocycles. The molecule has 1 aromatic carbocycles. The van der Waals surface area contributed by atoms with Crippen molar-refractivity contribution in [3.63, 3.8) is 0 Å². The number of benzene rings is 1. The summed E-state index contributed by atoms with van der Waals surface area (Å²) in [7, 11) is 0. The van der Waals surface area contributed by atoms with E-state index in [1.165, 1.54) is 11.8 Å². The van der Waals surface area contributed by atoms with Crippen LogP contribution in [-0.4, -0.2) is 31.4 Å². The number of halogens is 1. The van der Waals surface area contributed by atoms with E-state index in [4.69, 9.17) is 16.0 Å². The number of carbonyl (C=O) groups is 1. The van der Waals surface area contributed by atoms with Crippen LogP contribution < -0.4 is 5.32 Å². The Hall–Kier alpha value is -3.10. The highest BCUT2D eigenvalue weighted by atomic mass is 35.5. The van der Waals surface area contributed by atoms with Crippen molar-refractivity contribution in [1.82, 2.24) is 19.7 Å². The highest BCUT2D eigenvalue weighted by Gasteiger charge is 2.17. The molecule has 146 valence electrons. The van der Waals surface area contributed by atoms with Gasteiger partial charge < -0.3 is 9.73 Å². The highest BCUT2D eigenvalue weighted by Crippen LogP contribution is 2.25. The van der Waals surface area contributed by atoms with Crippen LogP contribution in [0.25, 0.3) is 11.4 Å². The zero-order valence-electron chi connectivity index (χ0n) is 15.2. The Bertz CT molecular complexity index is 1080. The summed E-state index contributed by atoms with van der Waals surface area (Å²) in [5.74, 6) is 1.47. The first-order valence-corrected chi connectivity index (χ1v) is 10.1. The second-order valence-corrected chi connectivity index (χ2v) is 7.44. The van der Waals surface area contributed by atoms with Gasteiger partial charge in [0, 0.05) is 28.7 Å². The number of anilines is 1. The van der Waals surface area contributed by atoms with Gasteiger partial charge in [0.2, 0.25) is 5.91 Å². The van der Waals surface area contributed by atoms with Crippen molar-refractivity contribution in [3.8, 4) is 11.4 Å². The Morgan fingerprint density at radius 1 is 1.14 bits per heavy atom. The minimum Gasteiger partial charge on any atom is -0.467 e. The van der Waals surface area contributed by atoms with Crippen LogP contribution in [0.3, 0.4) is 0 Å². The molecule has 29 heavy (non-hydrogen) atoms. The molecule has 0 saturated carbocycles. The van der Waals surface area contributed by atoms with Crippen LogP contribution in [0, 0.1) is 0 Å². The maximum Gasteiger partial charge on any atom is 0.234 e. The van der Waals surface area contributed by atoms with Gasteiger partial charge in [-0.2, -0.15) is 0 Å². The van der Waals surface area contributed by atoms with E-state index < -0.39 is 0 Å². The van der Waals surface area contributed by atoms with Gasteiger partial charge >= 0.3 is 0 Å². The number of thioether (sulfide) groups is 1. The summed E-state index contributed by atoms with van der Waals surface area (Å²) in [4.78, 5) is 16.5. The lowest BCUT2D eigenvalue weighted by atomic mass is 10.2. The standard InChI is InChI=1S/C20H16ClN5O2S/c21-15-5-7-16(8-6-15)23-18(27)13-29-20-25-24-19(14-3-1-9-22-11-14)26(20)12-17-4-2-10-28-17/h1-11H,12-13H2,(H,23,27). The molecule has 4 rings (SSSR count). The second kappa shape index (κ2) is 8.93. The number of carbonyl (C=O) groups excluding carboxylic acids is 1. The van der Waals surface area contributed by atoms with E-state index in [-0.39, 0.29) is 11.7 Å². The minimum atomic E-state index is -0.146. The number of nitrogens with zero attached hydrogens (tertiary/aromatic N) is 4. The SMILES string of the molecule is O=C(CSc1nnc(-c2cccnc2)n1Cc1ccco1)Nc1ccc(Cl)cc1. The fourth-order valence-corrected chi connectivity index (χ4v) is 3.53. The molecule has 7 nitrogen and oxygen atoms in total. The molecule has 0 aliphatic heterocycles. The molecule has 0 bridgehead atoms. The predicted molar refractivity (Wildman–Crippen MR) is 112 cm³/mol. The fraction of sp³-hybridized carbons (Fsp3) is 0.100. The Kier molecular flexibility index (Phi) is 5.92. The molecule has 0 unspecified atom stereocenters. The quantitative estimate of drug-likeness (QED) is 0.442. The van der Waals surface area contributed by atoms with Gasteiger partial charge in [0.25, 0.3) is 0 Å². The first-order valence-electron chi connectivity index (χ1n) is 8.73. The van der Waals surface area contributed by atoms with Crippen molar-refractivity contribution < 1.29 is 9.21 Å². The minimum absolute atomic E-state index is 0.146. The van der Waals surface area contributed by atoms with Crippen LogP contribution in [0.15, 0.2) is 76.8 Å². The number of rotatable bonds is 7. The Balaban J connectivity index is 1.51. The van der Waals surface area contributed by atoms with E-state index in [1.807, 2.05) is 28.8 Å². The average molecular weight is 426 g/mol. The maximum absolute atomic E-state index is 12.3. The summed E-state index contributed by atoms with van der Waals surface area (Å²) >= 11 is 7.18. The maximum atomic E-state index is 12.3. The lowest BCUT2D eigenvalue weighted by Gasteiger charge is -2.09. The Morgan fingerprint density at radius 2 is 2.00 bits per heavy atom. The van der Waals surface area contributed by atoms with Crippen LogP contribution in [0.5, 0.6) is 0 Å². The number of nitrogens with one attached hydrogen (secondary N) is 1. The summed E-state index contributed by atoms with van der Waals surface area (Å²) in [6.45, 7) is 0.450. The first-order chi connectivity index (χ1) is 14.2. The molecule has 0 saturated heterocycles. The largest absolute Gasteiger partial charge is 0.467 e. The lowest BCUT2D eigenvalue weighted by Crippen LogP contribution is -2.14. The fourth-order valence-electron chi connectivity index (χ4n) is 2.67. The summed E-state index contributed by atoms with van der Waals surface area (Å²) in [6, 6.07) is 14.4. The summed E-state index contributed by atoms with van der Waals surface area (Å²) in [6.07, 6.45) is 5.05. The third-order valence-electron chi connectivity index (χ3n) is 3.99. The Morgan fingerprint density at radius 3 is 2.72 bits per heavy atom. The van der Waals surface area contributed by atoms with Crippen molar-refractivity contribution in [2.45, 2.75) is 11.7 Å². The zero-order valence-corrected chi connectivity index (χ0v) is 16.7. The van der Waals surface area contributed by atoms with Gasteiger partial charge in [0.05, 0.1) is 18.6 Å². The molecule has 0 atom stereocenters. The molecule has 0 aliphatic rings. The van der Waals surface area contributed by atoms with Gasteiger partial charge in [-0.1, -0.05) is 23.4 Å². The molecule has 3 aromatic heterocycles. The number of hydrogen-bond acceptors (Lipinski definition) is 6. The summed E-state index contributed by atoms with van der Waals surface area (Å²) < 4.78 is 7.39. The molecule has 0 spiro atoms. The smallest absolute Gasteiger partial charge is 0.234 e. The molecule has 4 aromatic rings. The number of aromatic nitrogens is 4. The lowest BCUT2D eigenvalue weighted by molar-refractivity contribution is -0.113. The third kappa shape index (κ3) is 4.85. The van der Waals surface area contributed by atoms with E-state index in [2.05, 4.69) is 20.5 Å². The molecule has 3 heterocycles. The molecule has 1 amide bonds. The van der Waals surface area contributed by atoms with Crippen molar-refractivity contribution in [3.05, 3.63) is 78.0 Å². The normalized spacial score (nSPS) is 10.8. The van der Waals surface area contributed by atoms with Crippen molar-refractivity contribution in [2.24, 2.45) is 0 Å². The van der Waals surface area contributed by atoms with Gasteiger partial charge in [-0.15, -0.1) is 10.2 Å².